The van der Waals surface area contributed by atoms with Gasteiger partial charge in [0.15, 0.2) is 0 Å². The zero-order valence-corrected chi connectivity index (χ0v) is 14.7. The third kappa shape index (κ3) is 3.20. The highest BCUT2D eigenvalue weighted by Gasteiger charge is 2.26. The van der Waals surface area contributed by atoms with E-state index in [2.05, 4.69) is 19.6 Å². The molecule has 0 aromatic carbocycles. The van der Waals surface area contributed by atoms with Crippen molar-refractivity contribution in [1.82, 2.24) is 4.57 Å². The minimum absolute atomic E-state index is 0.0417. The largest absolute Gasteiger partial charge is 0.491 e. The number of fused-ring (bicyclic) bond motifs is 1. The van der Waals surface area contributed by atoms with Gasteiger partial charge in [-0.3, -0.25) is 4.79 Å². The van der Waals surface area contributed by atoms with E-state index in [1.165, 1.54) is 24.8 Å². The molecule has 2 atom stereocenters. The van der Waals surface area contributed by atoms with Gasteiger partial charge in [-0.2, -0.15) is 0 Å². The van der Waals surface area contributed by atoms with Crippen molar-refractivity contribution in [3.8, 4) is 0 Å². The van der Waals surface area contributed by atoms with E-state index in [0.29, 0.717) is 29.3 Å². The summed E-state index contributed by atoms with van der Waals surface area (Å²) in [6.45, 7) is 8.76. The second-order valence-electron chi connectivity index (χ2n) is 6.97. The van der Waals surface area contributed by atoms with Crippen molar-refractivity contribution in [2.45, 2.75) is 65.2 Å². The Bertz CT molecular complexity index is 729. The lowest BCUT2D eigenvalue weighted by molar-refractivity contribution is 0.0750. The summed E-state index contributed by atoms with van der Waals surface area (Å²) in [6, 6.07) is 1.90. The van der Waals surface area contributed by atoms with Crippen LogP contribution in [0.25, 0.3) is 0 Å². The SMILES string of the molecule is C=C1OCc2c(cc(C)n(CCC3=CC(CC)CCC3)c2=O)C1O. The summed E-state index contributed by atoms with van der Waals surface area (Å²) < 4.78 is 7.16. The quantitative estimate of drug-likeness (QED) is 0.856. The van der Waals surface area contributed by atoms with Gasteiger partial charge in [0.25, 0.3) is 5.56 Å². The van der Waals surface area contributed by atoms with E-state index in [-0.39, 0.29) is 12.2 Å². The maximum atomic E-state index is 12.8. The number of aryl methyl sites for hydroxylation is 1. The molecule has 1 aliphatic carbocycles. The lowest BCUT2D eigenvalue weighted by atomic mass is 9.87. The van der Waals surface area contributed by atoms with Gasteiger partial charge in [-0.05, 0) is 51.0 Å². The van der Waals surface area contributed by atoms with Crippen molar-refractivity contribution >= 4 is 0 Å². The minimum atomic E-state index is -0.902. The Balaban J connectivity index is 1.83. The molecule has 0 amide bonds. The van der Waals surface area contributed by atoms with Crippen molar-refractivity contribution in [1.29, 1.82) is 0 Å². The summed E-state index contributed by atoms with van der Waals surface area (Å²) >= 11 is 0. The first-order valence-corrected chi connectivity index (χ1v) is 8.93. The van der Waals surface area contributed by atoms with Crippen molar-refractivity contribution in [2.75, 3.05) is 0 Å². The van der Waals surface area contributed by atoms with Gasteiger partial charge in [-0.1, -0.05) is 25.2 Å². The number of ether oxygens (including phenoxy) is 1. The Morgan fingerprint density at radius 1 is 1.46 bits per heavy atom. The molecular weight excluding hydrogens is 302 g/mol. The lowest BCUT2D eigenvalue weighted by Gasteiger charge is -2.26. The van der Waals surface area contributed by atoms with Gasteiger partial charge >= 0.3 is 0 Å². The van der Waals surface area contributed by atoms with Crippen LogP contribution < -0.4 is 5.56 Å². The zero-order chi connectivity index (χ0) is 17.3. The average Bonchev–Trinajstić information content (AvgIpc) is 2.58. The molecule has 1 aromatic rings. The molecule has 0 bridgehead atoms. The topological polar surface area (TPSA) is 51.5 Å². The molecule has 1 aliphatic heterocycles. The summed E-state index contributed by atoms with van der Waals surface area (Å²) in [5, 5.41) is 10.2. The average molecular weight is 329 g/mol. The van der Waals surface area contributed by atoms with Gasteiger partial charge < -0.3 is 14.4 Å². The number of rotatable bonds is 4. The number of aromatic nitrogens is 1. The molecule has 1 aromatic heterocycles. The minimum Gasteiger partial charge on any atom is -0.491 e. The van der Waals surface area contributed by atoms with Crippen LogP contribution in [0.2, 0.25) is 0 Å². The highest BCUT2D eigenvalue weighted by molar-refractivity contribution is 5.34. The lowest BCUT2D eigenvalue weighted by Crippen LogP contribution is -2.31. The van der Waals surface area contributed by atoms with Crippen LogP contribution >= 0.6 is 0 Å². The van der Waals surface area contributed by atoms with Gasteiger partial charge in [0, 0.05) is 17.8 Å². The van der Waals surface area contributed by atoms with Gasteiger partial charge in [0.05, 0.1) is 5.56 Å². The number of aliphatic hydroxyl groups is 1. The number of pyridine rings is 1. The highest BCUT2D eigenvalue weighted by Crippen LogP contribution is 2.30. The Morgan fingerprint density at radius 3 is 3.00 bits per heavy atom. The number of aliphatic hydroxyl groups excluding tert-OH is 1. The van der Waals surface area contributed by atoms with Crippen LogP contribution in [0.5, 0.6) is 0 Å². The molecule has 0 spiro atoms. The Morgan fingerprint density at radius 2 is 2.25 bits per heavy atom. The van der Waals surface area contributed by atoms with Gasteiger partial charge in [-0.25, -0.2) is 0 Å². The van der Waals surface area contributed by atoms with E-state index in [9.17, 15) is 9.90 Å². The maximum absolute atomic E-state index is 12.8. The van der Waals surface area contributed by atoms with Crippen molar-refractivity contribution < 1.29 is 9.84 Å². The van der Waals surface area contributed by atoms with Crippen LogP contribution in [0.3, 0.4) is 0 Å². The van der Waals surface area contributed by atoms with Crippen LogP contribution in [0, 0.1) is 12.8 Å². The van der Waals surface area contributed by atoms with E-state index in [1.807, 2.05) is 17.6 Å². The van der Waals surface area contributed by atoms with Gasteiger partial charge in [0.1, 0.15) is 18.5 Å². The maximum Gasteiger partial charge on any atom is 0.257 e. The number of allylic oxidation sites excluding steroid dienone is 2. The van der Waals surface area contributed by atoms with Crippen molar-refractivity contribution in [2.24, 2.45) is 5.92 Å². The molecule has 0 saturated carbocycles. The molecule has 1 N–H and O–H groups in total. The zero-order valence-electron chi connectivity index (χ0n) is 14.7. The first-order valence-electron chi connectivity index (χ1n) is 8.93. The summed E-state index contributed by atoms with van der Waals surface area (Å²) in [5.74, 6) is 1.02. The fraction of sp³-hybridized carbons (Fsp3) is 0.550. The third-order valence-electron chi connectivity index (χ3n) is 5.37. The second kappa shape index (κ2) is 6.98. The number of hydrogen-bond acceptors (Lipinski definition) is 3. The molecule has 2 unspecified atom stereocenters. The number of nitrogens with zero attached hydrogens (tertiary/aromatic N) is 1. The van der Waals surface area contributed by atoms with Crippen LogP contribution in [0.15, 0.2) is 34.8 Å². The molecular formula is C20H27NO3. The summed E-state index contributed by atoms with van der Waals surface area (Å²) in [5.41, 5.74) is 3.52. The Kier molecular flexibility index (Phi) is 4.95. The molecule has 2 heterocycles. The first-order chi connectivity index (χ1) is 11.5. The fourth-order valence-corrected chi connectivity index (χ4v) is 3.80. The Hall–Kier alpha value is -1.81. The standard InChI is InChI=1S/C20H27NO3/c1-4-15-6-5-7-16(11-15)8-9-21-13(2)10-17-18(20(21)23)12-24-14(3)19(17)22/h10-11,15,19,22H,3-9,12H2,1-2H3. The molecule has 3 rings (SSSR count). The van der Waals surface area contributed by atoms with E-state index >= 15 is 0 Å². The van der Waals surface area contributed by atoms with Crippen LogP contribution in [0.4, 0.5) is 0 Å². The Labute approximate surface area is 143 Å². The third-order valence-corrected chi connectivity index (χ3v) is 5.37. The molecule has 24 heavy (non-hydrogen) atoms. The van der Waals surface area contributed by atoms with Crippen molar-refractivity contribution in [3.63, 3.8) is 0 Å². The molecule has 4 heteroatoms. The summed E-state index contributed by atoms with van der Waals surface area (Å²) in [6.07, 6.45) is 7.32. The first kappa shape index (κ1) is 17.0. The molecule has 2 aliphatic rings. The monoisotopic (exact) mass is 329 g/mol. The molecule has 0 saturated heterocycles. The fourth-order valence-electron chi connectivity index (χ4n) is 3.80. The molecule has 0 radical (unpaired) electrons. The van der Waals surface area contributed by atoms with Gasteiger partial charge in [-0.15, -0.1) is 0 Å². The predicted molar refractivity (Wildman–Crippen MR) is 94.7 cm³/mol. The van der Waals surface area contributed by atoms with E-state index in [1.54, 1.807) is 0 Å². The van der Waals surface area contributed by atoms with Crippen molar-refractivity contribution in [3.05, 3.63) is 57.2 Å². The predicted octanol–water partition coefficient (Wildman–Crippen LogP) is 3.76. The van der Waals surface area contributed by atoms with Crippen LogP contribution in [-0.2, 0) is 17.9 Å². The van der Waals surface area contributed by atoms with Crippen LogP contribution in [0.1, 0.15) is 62.0 Å². The normalized spacial score (nSPS) is 23.5. The van der Waals surface area contributed by atoms with Gasteiger partial charge in [0.2, 0.25) is 0 Å². The molecule has 4 nitrogen and oxygen atoms in total. The summed E-state index contributed by atoms with van der Waals surface area (Å²) in [7, 11) is 0. The smallest absolute Gasteiger partial charge is 0.257 e. The molecule has 130 valence electrons. The van der Waals surface area contributed by atoms with E-state index in [4.69, 9.17) is 4.74 Å². The van der Waals surface area contributed by atoms with E-state index < -0.39 is 6.10 Å². The summed E-state index contributed by atoms with van der Waals surface area (Å²) in [4.78, 5) is 12.8. The number of hydrogen-bond donors (Lipinski definition) is 1. The van der Waals surface area contributed by atoms with E-state index in [0.717, 1.165) is 18.5 Å². The highest BCUT2D eigenvalue weighted by atomic mass is 16.5. The second-order valence-corrected chi connectivity index (χ2v) is 6.97. The van der Waals surface area contributed by atoms with Crippen LogP contribution in [-0.4, -0.2) is 9.67 Å². The molecule has 0 fully saturated rings.